The monoisotopic (exact) mass is 525 g/mol. The number of anilines is 1. The van der Waals surface area contributed by atoms with E-state index in [1.165, 1.54) is 28.9 Å². The van der Waals surface area contributed by atoms with Gasteiger partial charge in [-0.3, -0.25) is 14.3 Å². The maximum Gasteiger partial charge on any atom is 0.227 e. The fourth-order valence-electron chi connectivity index (χ4n) is 6.15. The highest BCUT2D eigenvalue weighted by Crippen LogP contribution is 2.27. The van der Waals surface area contributed by atoms with Gasteiger partial charge in [0.1, 0.15) is 11.6 Å². The highest BCUT2D eigenvalue weighted by atomic mass is 19.1. The number of hydrogen-bond donors (Lipinski definition) is 0. The molecule has 3 heterocycles. The average Bonchev–Trinajstić information content (AvgIpc) is 3.32. The maximum atomic E-state index is 13.7. The van der Waals surface area contributed by atoms with Crippen molar-refractivity contribution >= 4 is 22.6 Å². The van der Waals surface area contributed by atoms with Gasteiger partial charge in [0.2, 0.25) is 5.91 Å². The number of para-hydroxylation sites is 2. The lowest BCUT2D eigenvalue weighted by Gasteiger charge is -2.40. The van der Waals surface area contributed by atoms with E-state index in [0.29, 0.717) is 6.54 Å². The Hall–Kier alpha value is -3.71. The zero-order chi connectivity index (χ0) is 26.9. The first-order valence-corrected chi connectivity index (χ1v) is 14.0. The second kappa shape index (κ2) is 10.8. The number of nitrogens with zero attached hydrogens (tertiary/aromatic N) is 5. The molecule has 1 amide bonds. The molecule has 0 N–H and O–H groups in total. The third-order valence-electron chi connectivity index (χ3n) is 8.23. The number of fused-ring (bicyclic) bond motifs is 1. The Morgan fingerprint density at radius 2 is 1.72 bits per heavy atom. The van der Waals surface area contributed by atoms with Crippen molar-refractivity contribution in [2.24, 2.45) is 5.92 Å². The zero-order valence-electron chi connectivity index (χ0n) is 22.8. The highest BCUT2D eigenvalue weighted by molar-refractivity contribution is 5.80. The molecule has 0 radical (unpaired) electrons. The lowest BCUT2D eigenvalue weighted by Crippen LogP contribution is -2.52. The van der Waals surface area contributed by atoms with Crippen molar-refractivity contribution in [3.05, 3.63) is 89.5 Å². The van der Waals surface area contributed by atoms with E-state index >= 15 is 0 Å². The predicted octanol–water partition coefficient (Wildman–Crippen LogP) is 5.34. The average molecular weight is 526 g/mol. The van der Waals surface area contributed by atoms with Crippen LogP contribution in [0.1, 0.15) is 29.8 Å². The van der Waals surface area contributed by atoms with Crippen LogP contribution in [0.5, 0.6) is 0 Å². The Kier molecular flexibility index (Phi) is 7.09. The molecule has 0 bridgehead atoms. The minimum Gasteiger partial charge on any atom is -0.368 e. The number of halogens is 1. The summed E-state index contributed by atoms with van der Waals surface area (Å²) in [6.45, 7) is 9.89. The van der Waals surface area contributed by atoms with Crippen LogP contribution in [-0.2, 0) is 11.3 Å². The molecule has 2 aliphatic heterocycles. The summed E-state index contributed by atoms with van der Waals surface area (Å²) in [5.74, 6) is 0.956. The van der Waals surface area contributed by atoms with Crippen LogP contribution in [0.3, 0.4) is 0 Å². The summed E-state index contributed by atoms with van der Waals surface area (Å²) in [6, 6.07) is 21.2. The van der Waals surface area contributed by atoms with Gasteiger partial charge in [-0.2, -0.15) is 0 Å². The van der Waals surface area contributed by atoms with Crippen molar-refractivity contribution in [3.63, 3.8) is 0 Å². The molecule has 2 aliphatic rings. The summed E-state index contributed by atoms with van der Waals surface area (Å²) >= 11 is 0. The molecule has 0 saturated carbocycles. The number of piperidine rings is 1. The first-order chi connectivity index (χ1) is 19.0. The normalized spacial score (nSPS) is 18.6. The Bertz CT molecular complexity index is 1470. The van der Waals surface area contributed by atoms with E-state index in [9.17, 15) is 9.18 Å². The second-order valence-electron chi connectivity index (χ2n) is 11.0. The van der Waals surface area contributed by atoms with Gasteiger partial charge in [-0.25, -0.2) is 9.37 Å². The van der Waals surface area contributed by atoms with Gasteiger partial charge in [0.05, 0.1) is 23.5 Å². The molecule has 1 aromatic heterocycles. The van der Waals surface area contributed by atoms with Crippen LogP contribution in [0.25, 0.3) is 16.7 Å². The van der Waals surface area contributed by atoms with Crippen molar-refractivity contribution in [1.82, 2.24) is 19.4 Å². The van der Waals surface area contributed by atoms with E-state index in [-0.39, 0.29) is 17.6 Å². The van der Waals surface area contributed by atoms with Gasteiger partial charge in [0.15, 0.2) is 0 Å². The molecule has 7 heteroatoms. The number of hydrogen-bond acceptors (Lipinski definition) is 4. The lowest BCUT2D eigenvalue weighted by molar-refractivity contribution is -0.137. The second-order valence-corrected chi connectivity index (χ2v) is 11.0. The van der Waals surface area contributed by atoms with Gasteiger partial charge in [-0.15, -0.1) is 0 Å². The van der Waals surface area contributed by atoms with Crippen molar-refractivity contribution in [2.75, 3.05) is 44.2 Å². The van der Waals surface area contributed by atoms with Crippen LogP contribution < -0.4 is 4.90 Å². The third-order valence-corrected chi connectivity index (χ3v) is 8.23. The number of rotatable bonds is 5. The van der Waals surface area contributed by atoms with E-state index in [1.807, 2.05) is 18.2 Å². The number of likely N-dealkylation sites (tertiary alicyclic amines) is 1. The Balaban J connectivity index is 1.14. The number of aromatic nitrogens is 2. The summed E-state index contributed by atoms with van der Waals surface area (Å²) < 4.78 is 15.8. The molecule has 3 aromatic carbocycles. The quantitative estimate of drug-likeness (QED) is 0.353. The third kappa shape index (κ3) is 5.28. The number of carbonyl (C=O) groups excluding carboxylic acids is 1. The molecule has 39 heavy (non-hydrogen) atoms. The van der Waals surface area contributed by atoms with E-state index in [1.54, 1.807) is 12.1 Å². The molecule has 0 spiro atoms. The molecule has 6 nitrogen and oxygen atoms in total. The van der Waals surface area contributed by atoms with Crippen LogP contribution >= 0.6 is 0 Å². The standard InChI is InChI=1S/C32H36FN5O/c1-23-9-10-24(2)30(20-23)36-16-18-37(19-17-36)32(39)25-6-5-15-35(21-25)22-31-34-28-7-3-4-8-29(28)38(31)27-13-11-26(33)12-14-27/h3-4,7-14,20,25H,5-6,15-19,21-22H2,1-2H3/t25-/m0/s1. The minimum atomic E-state index is -0.253. The van der Waals surface area contributed by atoms with Crippen molar-refractivity contribution < 1.29 is 9.18 Å². The van der Waals surface area contributed by atoms with Gasteiger partial charge in [0, 0.05) is 44.1 Å². The minimum absolute atomic E-state index is 0.00894. The summed E-state index contributed by atoms with van der Waals surface area (Å²) in [4.78, 5) is 25.4. The van der Waals surface area contributed by atoms with E-state index in [4.69, 9.17) is 4.98 Å². The maximum absolute atomic E-state index is 13.7. The number of piperazine rings is 1. The Morgan fingerprint density at radius 1 is 0.949 bits per heavy atom. The van der Waals surface area contributed by atoms with Crippen molar-refractivity contribution in [3.8, 4) is 5.69 Å². The van der Waals surface area contributed by atoms with Gasteiger partial charge >= 0.3 is 0 Å². The molecule has 0 aliphatic carbocycles. The molecule has 0 unspecified atom stereocenters. The summed E-state index contributed by atoms with van der Waals surface area (Å²) in [7, 11) is 0. The van der Waals surface area contributed by atoms with Crippen LogP contribution in [0, 0.1) is 25.6 Å². The lowest BCUT2D eigenvalue weighted by atomic mass is 9.96. The molecule has 2 fully saturated rings. The molecule has 4 aromatic rings. The van der Waals surface area contributed by atoms with Gasteiger partial charge in [-0.1, -0.05) is 24.3 Å². The summed E-state index contributed by atoms with van der Waals surface area (Å²) in [6.07, 6.45) is 1.93. The molecule has 202 valence electrons. The smallest absolute Gasteiger partial charge is 0.227 e. The van der Waals surface area contributed by atoms with Gasteiger partial charge < -0.3 is 9.80 Å². The number of amides is 1. The topological polar surface area (TPSA) is 44.6 Å². The Morgan fingerprint density at radius 3 is 2.51 bits per heavy atom. The van der Waals surface area contributed by atoms with Crippen LogP contribution in [0.4, 0.5) is 10.1 Å². The molecule has 1 atom stereocenters. The zero-order valence-corrected chi connectivity index (χ0v) is 22.8. The van der Waals surface area contributed by atoms with E-state index in [2.05, 4.69) is 57.4 Å². The van der Waals surface area contributed by atoms with Gasteiger partial charge in [-0.05, 0) is 86.8 Å². The van der Waals surface area contributed by atoms with Crippen LogP contribution in [0.15, 0.2) is 66.7 Å². The SMILES string of the molecule is Cc1ccc(C)c(N2CCN(C(=O)[C@H]3CCCN(Cc4nc5ccccc5n4-c4ccc(F)cc4)C3)CC2)c1. The van der Waals surface area contributed by atoms with Crippen molar-refractivity contribution in [2.45, 2.75) is 33.2 Å². The number of carbonyl (C=O) groups is 1. The number of imidazole rings is 1. The Labute approximate surface area is 229 Å². The fraction of sp³-hybridized carbons (Fsp3) is 0.375. The van der Waals surface area contributed by atoms with E-state index in [0.717, 1.165) is 74.7 Å². The summed E-state index contributed by atoms with van der Waals surface area (Å²) in [5, 5.41) is 0. The molecular weight excluding hydrogens is 489 g/mol. The molecular formula is C32H36FN5O. The first kappa shape index (κ1) is 25.6. The van der Waals surface area contributed by atoms with Gasteiger partial charge in [0.25, 0.3) is 0 Å². The predicted molar refractivity (Wildman–Crippen MR) is 154 cm³/mol. The number of aryl methyl sites for hydroxylation is 2. The summed E-state index contributed by atoms with van der Waals surface area (Å²) in [5.41, 5.74) is 6.66. The molecule has 6 rings (SSSR count). The fourth-order valence-corrected chi connectivity index (χ4v) is 6.15. The highest BCUT2D eigenvalue weighted by Gasteiger charge is 2.32. The number of benzene rings is 3. The van der Waals surface area contributed by atoms with E-state index < -0.39 is 0 Å². The first-order valence-electron chi connectivity index (χ1n) is 14.0. The molecule has 2 saturated heterocycles. The van der Waals surface area contributed by atoms with Crippen LogP contribution in [0.2, 0.25) is 0 Å². The largest absolute Gasteiger partial charge is 0.368 e. The van der Waals surface area contributed by atoms with Crippen molar-refractivity contribution in [1.29, 1.82) is 0 Å². The van der Waals surface area contributed by atoms with Crippen LogP contribution in [-0.4, -0.2) is 64.5 Å².